The lowest BCUT2D eigenvalue weighted by molar-refractivity contribution is 0.351. The summed E-state index contributed by atoms with van der Waals surface area (Å²) in [5, 5.41) is 0. The number of alkyl halides is 1. The van der Waals surface area contributed by atoms with Crippen LogP contribution < -0.4 is 0 Å². The van der Waals surface area contributed by atoms with Crippen molar-refractivity contribution < 1.29 is 12.8 Å². The number of sulfonamides is 1. The third-order valence-corrected chi connectivity index (χ3v) is 5.42. The Kier molecular flexibility index (Phi) is 4.92. The van der Waals surface area contributed by atoms with Crippen LogP contribution in [0, 0.1) is 6.92 Å². The van der Waals surface area contributed by atoms with Crippen molar-refractivity contribution in [3.63, 3.8) is 0 Å². The zero-order valence-electron chi connectivity index (χ0n) is 11.1. The maximum Gasteiger partial charge on any atom is 0.214 e. The van der Waals surface area contributed by atoms with E-state index in [0.717, 1.165) is 25.0 Å². The summed E-state index contributed by atoms with van der Waals surface area (Å²) in [6.45, 7) is 2.21. The minimum absolute atomic E-state index is 0.159. The van der Waals surface area contributed by atoms with Gasteiger partial charge in [0.1, 0.15) is 11.5 Å². The highest BCUT2D eigenvalue weighted by Gasteiger charge is 2.37. The van der Waals surface area contributed by atoms with Crippen LogP contribution in [0.2, 0.25) is 0 Å². The Labute approximate surface area is 119 Å². The van der Waals surface area contributed by atoms with Gasteiger partial charge >= 0.3 is 0 Å². The molecule has 6 heteroatoms. The van der Waals surface area contributed by atoms with Crippen LogP contribution in [0.5, 0.6) is 0 Å². The molecule has 1 fully saturated rings. The quantitative estimate of drug-likeness (QED) is 0.548. The minimum atomic E-state index is -3.21. The second-order valence-electron chi connectivity index (χ2n) is 5.00. The lowest BCUT2D eigenvalue weighted by atomic mass is 10.4. The molecule has 1 aromatic rings. The van der Waals surface area contributed by atoms with Crippen LogP contribution in [-0.4, -0.2) is 30.4 Å². The summed E-state index contributed by atoms with van der Waals surface area (Å²) in [7, 11) is -3.21. The van der Waals surface area contributed by atoms with E-state index in [1.54, 1.807) is 4.31 Å². The molecule has 1 saturated carbocycles. The Morgan fingerprint density at radius 1 is 1.37 bits per heavy atom. The van der Waals surface area contributed by atoms with Crippen molar-refractivity contribution in [3.05, 3.63) is 23.7 Å². The summed E-state index contributed by atoms with van der Waals surface area (Å²) < 4.78 is 31.8. The largest absolute Gasteiger partial charge is 0.465 e. The number of hydrogen-bond donors (Lipinski definition) is 0. The van der Waals surface area contributed by atoms with Gasteiger partial charge in [-0.25, -0.2) is 8.42 Å². The molecule has 1 aromatic heterocycles. The van der Waals surface area contributed by atoms with E-state index in [1.807, 2.05) is 19.1 Å². The van der Waals surface area contributed by atoms with Gasteiger partial charge in [0.25, 0.3) is 0 Å². The molecule has 1 heterocycles. The van der Waals surface area contributed by atoms with Crippen molar-refractivity contribution in [2.45, 2.75) is 45.2 Å². The van der Waals surface area contributed by atoms with Gasteiger partial charge in [-0.2, -0.15) is 4.31 Å². The predicted molar refractivity (Wildman–Crippen MR) is 75.8 cm³/mol. The molecule has 0 atom stereocenters. The van der Waals surface area contributed by atoms with Crippen molar-refractivity contribution in [1.82, 2.24) is 4.31 Å². The van der Waals surface area contributed by atoms with Gasteiger partial charge in [0, 0.05) is 11.9 Å². The molecular formula is C13H20ClNO3S. The van der Waals surface area contributed by atoms with E-state index in [0.29, 0.717) is 24.6 Å². The second kappa shape index (κ2) is 6.29. The van der Waals surface area contributed by atoms with Gasteiger partial charge in [-0.3, -0.25) is 0 Å². The molecule has 2 rings (SSSR count). The Balaban J connectivity index is 2.02. The van der Waals surface area contributed by atoms with Crippen molar-refractivity contribution >= 4 is 21.6 Å². The average Bonchev–Trinajstić information content (AvgIpc) is 3.10. The molecule has 19 heavy (non-hydrogen) atoms. The normalized spacial score (nSPS) is 16.2. The number of nitrogens with zero attached hydrogens (tertiary/aromatic N) is 1. The third kappa shape index (κ3) is 4.23. The van der Waals surface area contributed by atoms with Gasteiger partial charge in [-0.05, 0) is 44.7 Å². The van der Waals surface area contributed by atoms with Crippen molar-refractivity contribution in [3.8, 4) is 0 Å². The molecule has 0 unspecified atom stereocenters. The van der Waals surface area contributed by atoms with Gasteiger partial charge < -0.3 is 4.42 Å². The lowest BCUT2D eigenvalue weighted by Gasteiger charge is -2.20. The van der Waals surface area contributed by atoms with E-state index in [9.17, 15) is 8.42 Å². The standard InChI is InChI=1S/C13H20ClNO3S/c1-11-4-7-13(18-11)10-15(12-5-6-12)19(16,17)9-3-2-8-14/h4,7,12H,2-3,5-6,8-10H2,1H3. The van der Waals surface area contributed by atoms with E-state index in [4.69, 9.17) is 16.0 Å². The number of halogens is 1. The Hall–Kier alpha value is -0.520. The molecular weight excluding hydrogens is 286 g/mol. The fraction of sp³-hybridized carbons (Fsp3) is 0.692. The molecule has 108 valence electrons. The summed E-state index contributed by atoms with van der Waals surface area (Å²) in [6.07, 6.45) is 3.26. The summed E-state index contributed by atoms with van der Waals surface area (Å²) in [5.74, 6) is 2.21. The monoisotopic (exact) mass is 305 g/mol. The molecule has 0 bridgehead atoms. The van der Waals surface area contributed by atoms with E-state index in [1.165, 1.54) is 0 Å². The van der Waals surface area contributed by atoms with Gasteiger partial charge in [0.15, 0.2) is 0 Å². The molecule has 1 aliphatic carbocycles. The SMILES string of the molecule is Cc1ccc(CN(C2CC2)S(=O)(=O)CCCCCl)o1. The van der Waals surface area contributed by atoms with Gasteiger partial charge in [-0.1, -0.05) is 0 Å². The van der Waals surface area contributed by atoms with Crippen molar-refractivity contribution in [2.75, 3.05) is 11.6 Å². The van der Waals surface area contributed by atoms with Crippen LogP contribution in [-0.2, 0) is 16.6 Å². The smallest absolute Gasteiger partial charge is 0.214 e. The summed E-state index contributed by atoms with van der Waals surface area (Å²) in [6, 6.07) is 3.87. The molecule has 0 spiro atoms. The Bertz CT molecular complexity index is 508. The average molecular weight is 306 g/mol. The highest BCUT2D eigenvalue weighted by molar-refractivity contribution is 7.89. The fourth-order valence-corrected chi connectivity index (χ4v) is 4.02. The first kappa shape index (κ1) is 14.9. The van der Waals surface area contributed by atoms with Gasteiger partial charge in [0.2, 0.25) is 10.0 Å². The van der Waals surface area contributed by atoms with E-state index < -0.39 is 10.0 Å². The van der Waals surface area contributed by atoms with Gasteiger partial charge in [0.05, 0.1) is 12.3 Å². The second-order valence-corrected chi connectivity index (χ2v) is 7.42. The van der Waals surface area contributed by atoms with E-state index >= 15 is 0 Å². The first-order valence-corrected chi connectivity index (χ1v) is 8.78. The maximum atomic E-state index is 12.3. The lowest BCUT2D eigenvalue weighted by Crippen LogP contribution is -2.34. The number of hydrogen-bond acceptors (Lipinski definition) is 3. The van der Waals surface area contributed by atoms with E-state index in [-0.39, 0.29) is 11.8 Å². The van der Waals surface area contributed by atoms with Gasteiger partial charge in [-0.15, -0.1) is 11.6 Å². The fourth-order valence-electron chi connectivity index (χ4n) is 2.04. The summed E-state index contributed by atoms with van der Waals surface area (Å²) in [5.41, 5.74) is 0. The van der Waals surface area contributed by atoms with Crippen molar-refractivity contribution in [1.29, 1.82) is 0 Å². The molecule has 0 amide bonds. The topological polar surface area (TPSA) is 50.5 Å². The molecule has 0 N–H and O–H groups in total. The molecule has 0 radical (unpaired) electrons. The first-order valence-electron chi connectivity index (χ1n) is 6.64. The number of rotatable bonds is 8. The number of furan rings is 1. The van der Waals surface area contributed by atoms with Crippen LogP contribution in [0.3, 0.4) is 0 Å². The number of aryl methyl sites for hydroxylation is 1. The van der Waals surface area contributed by atoms with Crippen LogP contribution in [0.15, 0.2) is 16.5 Å². The molecule has 0 aromatic carbocycles. The number of unbranched alkanes of at least 4 members (excludes halogenated alkanes) is 1. The molecule has 4 nitrogen and oxygen atoms in total. The van der Waals surface area contributed by atoms with Crippen LogP contribution >= 0.6 is 11.6 Å². The Morgan fingerprint density at radius 2 is 2.11 bits per heavy atom. The molecule has 0 saturated heterocycles. The van der Waals surface area contributed by atoms with E-state index in [2.05, 4.69) is 0 Å². The minimum Gasteiger partial charge on any atom is -0.465 e. The Morgan fingerprint density at radius 3 is 2.63 bits per heavy atom. The van der Waals surface area contributed by atoms with Crippen LogP contribution in [0.25, 0.3) is 0 Å². The predicted octanol–water partition coefficient (Wildman–Crippen LogP) is 2.90. The highest BCUT2D eigenvalue weighted by atomic mass is 35.5. The molecule has 1 aliphatic rings. The van der Waals surface area contributed by atoms with Crippen LogP contribution in [0.1, 0.15) is 37.2 Å². The molecule has 0 aliphatic heterocycles. The summed E-state index contributed by atoms with van der Waals surface area (Å²) in [4.78, 5) is 0. The first-order chi connectivity index (χ1) is 9.03. The zero-order valence-corrected chi connectivity index (χ0v) is 12.7. The van der Waals surface area contributed by atoms with Crippen molar-refractivity contribution in [2.24, 2.45) is 0 Å². The third-order valence-electron chi connectivity index (χ3n) is 3.21. The van der Waals surface area contributed by atoms with Crippen LogP contribution in [0.4, 0.5) is 0 Å². The highest BCUT2D eigenvalue weighted by Crippen LogP contribution is 2.31. The zero-order chi connectivity index (χ0) is 13.9. The maximum absolute atomic E-state index is 12.3. The summed E-state index contributed by atoms with van der Waals surface area (Å²) >= 11 is 5.59.